The van der Waals surface area contributed by atoms with Crippen LogP contribution in [0.3, 0.4) is 0 Å². The highest BCUT2D eigenvalue weighted by Crippen LogP contribution is 2.14. The Balaban J connectivity index is 2.44. The molecule has 0 unspecified atom stereocenters. The van der Waals surface area contributed by atoms with Gasteiger partial charge in [0, 0.05) is 15.7 Å². The molecule has 5 heteroatoms. The van der Waals surface area contributed by atoms with Crippen molar-refractivity contribution >= 4 is 15.9 Å². The van der Waals surface area contributed by atoms with Crippen LogP contribution in [0.4, 0.5) is 0 Å². The number of nitrogens with one attached hydrogen (secondary N) is 1. The third-order valence-corrected chi connectivity index (χ3v) is 3.38. The number of rotatable bonds is 4. The maximum absolute atomic E-state index is 12.3. The minimum Gasteiger partial charge on any atom is -0.330 e. The van der Waals surface area contributed by atoms with E-state index in [1.807, 2.05) is 31.2 Å². The Morgan fingerprint density at radius 2 is 2.22 bits per heavy atom. The van der Waals surface area contributed by atoms with Crippen LogP contribution in [0.2, 0.25) is 0 Å². The van der Waals surface area contributed by atoms with Gasteiger partial charge in [0.25, 0.3) is 5.56 Å². The zero-order chi connectivity index (χ0) is 13.1. The number of nitrogens with two attached hydrogens (primary N) is 1. The number of H-pyrrole nitrogens is 1. The van der Waals surface area contributed by atoms with Gasteiger partial charge in [0.1, 0.15) is 0 Å². The van der Waals surface area contributed by atoms with Gasteiger partial charge in [0.15, 0.2) is 0 Å². The van der Waals surface area contributed by atoms with Crippen LogP contribution in [0.1, 0.15) is 17.7 Å². The molecule has 0 aliphatic heterocycles. The predicted molar refractivity (Wildman–Crippen MR) is 76.2 cm³/mol. The van der Waals surface area contributed by atoms with Crippen molar-refractivity contribution in [2.24, 2.45) is 5.73 Å². The number of aromatic nitrogens is 2. The molecular formula is C13H16BrN3O. The van der Waals surface area contributed by atoms with E-state index in [2.05, 4.69) is 21.0 Å². The van der Waals surface area contributed by atoms with Crippen LogP contribution < -0.4 is 11.3 Å². The second-order valence-corrected chi connectivity index (χ2v) is 5.14. The van der Waals surface area contributed by atoms with Gasteiger partial charge in [-0.05, 0) is 44.5 Å². The first-order valence-corrected chi connectivity index (χ1v) is 6.69. The van der Waals surface area contributed by atoms with Crippen molar-refractivity contribution in [1.29, 1.82) is 0 Å². The molecule has 0 fully saturated rings. The molecule has 18 heavy (non-hydrogen) atoms. The summed E-state index contributed by atoms with van der Waals surface area (Å²) < 4.78 is 2.52. The zero-order valence-corrected chi connectivity index (χ0v) is 11.8. The van der Waals surface area contributed by atoms with Gasteiger partial charge in [-0.3, -0.25) is 9.89 Å². The summed E-state index contributed by atoms with van der Waals surface area (Å²) in [6.07, 6.45) is 1.55. The van der Waals surface area contributed by atoms with E-state index in [0.29, 0.717) is 6.54 Å². The third-order valence-electron chi connectivity index (χ3n) is 2.89. The summed E-state index contributed by atoms with van der Waals surface area (Å²) in [6.45, 7) is 2.52. The van der Waals surface area contributed by atoms with E-state index >= 15 is 0 Å². The van der Waals surface area contributed by atoms with Crippen molar-refractivity contribution in [3.05, 3.63) is 50.3 Å². The van der Waals surface area contributed by atoms with Crippen molar-refractivity contribution in [2.45, 2.75) is 19.8 Å². The molecule has 3 N–H and O–H groups in total. The Morgan fingerprint density at radius 1 is 1.44 bits per heavy atom. The summed E-state index contributed by atoms with van der Waals surface area (Å²) in [7, 11) is 0. The average molecular weight is 310 g/mol. The Morgan fingerprint density at radius 3 is 2.89 bits per heavy atom. The van der Waals surface area contributed by atoms with Crippen LogP contribution in [-0.2, 0) is 6.42 Å². The number of aryl methyl sites for hydroxylation is 1. The highest BCUT2D eigenvalue weighted by molar-refractivity contribution is 9.10. The summed E-state index contributed by atoms with van der Waals surface area (Å²) in [5.41, 5.74) is 8.06. The van der Waals surface area contributed by atoms with Gasteiger partial charge in [-0.2, -0.15) is 0 Å². The van der Waals surface area contributed by atoms with Crippen LogP contribution in [0.25, 0.3) is 5.69 Å². The molecule has 0 aliphatic carbocycles. The molecule has 0 radical (unpaired) electrons. The zero-order valence-electron chi connectivity index (χ0n) is 10.2. The van der Waals surface area contributed by atoms with Crippen molar-refractivity contribution < 1.29 is 0 Å². The first-order chi connectivity index (χ1) is 8.63. The Bertz CT molecular complexity index is 601. The fourth-order valence-corrected chi connectivity index (χ4v) is 2.34. The van der Waals surface area contributed by atoms with Crippen molar-refractivity contribution in [3.8, 4) is 5.69 Å². The minimum atomic E-state index is 0.0130. The Kier molecular flexibility index (Phi) is 4.04. The van der Waals surface area contributed by atoms with E-state index in [4.69, 9.17) is 5.73 Å². The fourth-order valence-electron chi connectivity index (χ4n) is 1.95. The summed E-state index contributed by atoms with van der Waals surface area (Å²) in [5, 5.41) is 3.11. The smallest absolute Gasteiger partial charge is 0.274 e. The van der Waals surface area contributed by atoms with E-state index in [0.717, 1.165) is 34.3 Å². The van der Waals surface area contributed by atoms with Gasteiger partial charge < -0.3 is 5.73 Å². The van der Waals surface area contributed by atoms with E-state index in [1.165, 1.54) is 0 Å². The number of benzene rings is 1. The number of hydrogen-bond acceptors (Lipinski definition) is 2. The summed E-state index contributed by atoms with van der Waals surface area (Å²) >= 11 is 3.41. The molecule has 2 aromatic rings. The highest BCUT2D eigenvalue weighted by atomic mass is 79.9. The minimum absolute atomic E-state index is 0.0130. The maximum atomic E-state index is 12.3. The second-order valence-electron chi connectivity index (χ2n) is 4.23. The topological polar surface area (TPSA) is 63.8 Å². The average Bonchev–Trinajstić information content (AvgIpc) is 2.63. The first-order valence-electron chi connectivity index (χ1n) is 5.90. The number of nitrogens with zero attached hydrogens (tertiary/aromatic N) is 1. The van der Waals surface area contributed by atoms with E-state index in [9.17, 15) is 4.79 Å². The normalized spacial score (nSPS) is 10.8. The van der Waals surface area contributed by atoms with Crippen LogP contribution >= 0.6 is 15.9 Å². The van der Waals surface area contributed by atoms with E-state index < -0.39 is 0 Å². The van der Waals surface area contributed by atoms with Gasteiger partial charge in [0.05, 0.1) is 5.69 Å². The molecule has 4 nitrogen and oxygen atoms in total. The molecule has 0 saturated heterocycles. The predicted octanol–water partition coefficient (Wildman–Crippen LogP) is 2.13. The van der Waals surface area contributed by atoms with Gasteiger partial charge >= 0.3 is 0 Å². The lowest BCUT2D eigenvalue weighted by Crippen LogP contribution is -2.18. The van der Waals surface area contributed by atoms with Crippen LogP contribution in [0.5, 0.6) is 0 Å². The molecule has 0 spiro atoms. The molecule has 0 aliphatic rings. The van der Waals surface area contributed by atoms with Crippen LogP contribution in [0.15, 0.2) is 33.5 Å². The molecule has 0 amide bonds. The Labute approximate surface area is 114 Å². The van der Waals surface area contributed by atoms with Gasteiger partial charge in [-0.25, -0.2) is 4.68 Å². The van der Waals surface area contributed by atoms with E-state index in [-0.39, 0.29) is 5.56 Å². The number of hydrogen-bond donors (Lipinski definition) is 2. The monoisotopic (exact) mass is 309 g/mol. The van der Waals surface area contributed by atoms with Gasteiger partial charge in [-0.1, -0.05) is 22.0 Å². The van der Waals surface area contributed by atoms with Crippen molar-refractivity contribution in [1.82, 2.24) is 9.78 Å². The third kappa shape index (κ3) is 2.57. The molecule has 96 valence electrons. The molecule has 1 aromatic heterocycles. The number of aromatic amines is 1. The highest BCUT2D eigenvalue weighted by Gasteiger charge is 2.11. The maximum Gasteiger partial charge on any atom is 0.274 e. The molecule has 0 saturated carbocycles. The lowest BCUT2D eigenvalue weighted by atomic mass is 10.1. The van der Waals surface area contributed by atoms with Crippen molar-refractivity contribution in [3.63, 3.8) is 0 Å². The second kappa shape index (κ2) is 5.54. The quantitative estimate of drug-likeness (QED) is 0.908. The molecular weight excluding hydrogens is 294 g/mol. The SMILES string of the molecule is Cc1[nH]n(-c2cccc(Br)c2)c(=O)c1CCCN. The fraction of sp³-hybridized carbons (Fsp3) is 0.308. The Hall–Kier alpha value is -1.33. The molecule has 2 rings (SSSR count). The molecule has 1 heterocycles. The van der Waals surface area contributed by atoms with Crippen LogP contribution in [-0.4, -0.2) is 16.3 Å². The lowest BCUT2D eigenvalue weighted by molar-refractivity contribution is 0.816. The van der Waals surface area contributed by atoms with Gasteiger partial charge in [-0.15, -0.1) is 0 Å². The summed E-state index contributed by atoms with van der Waals surface area (Å²) in [5.74, 6) is 0. The molecule has 0 bridgehead atoms. The molecule has 1 aromatic carbocycles. The first kappa shape index (κ1) is 13.1. The largest absolute Gasteiger partial charge is 0.330 e. The lowest BCUT2D eigenvalue weighted by Gasteiger charge is -2.01. The molecule has 0 atom stereocenters. The number of halogens is 1. The summed E-state index contributed by atoms with van der Waals surface area (Å²) in [6, 6.07) is 7.64. The van der Waals surface area contributed by atoms with E-state index in [1.54, 1.807) is 4.68 Å². The van der Waals surface area contributed by atoms with Crippen LogP contribution in [0, 0.1) is 6.92 Å². The van der Waals surface area contributed by atoms with Gasteiger partial charge in [0.2, 0.25) is 0 Å². The summed E-state index contributed by atoms with van der Waals surface area (Å²) in [4.78, 5) is 12.3. The van der Waals surface area contributed by atoms with Crippen molar-refractivity contribution in [2.75, 3.05) is 6.54 Å². The standard InChI is InChI=1S/C13H16BrN3O/c1-9-12(6-3-7-15)13(18)17(16-9)11-5-2-4-10(14)8-11/h2,4-5,8,16H,3,6-7,15H2,1H3.